The molecule has 2 aromatic rings. The molecule has 0 bridgehead atoms. The van der Waals surface area contributed by atoms with E-state index in [9.17, 15) is 14.3 Å². The van der Waals surface area contributed by atoms with E-state index in [-0.39, 0.29) is 11.7 Å². The van der Waals surface area contributed by atoms with Crippen LogP contribution in [-0.4, -0.2) is 54.8 Å². The summed E-state index contributed by atoms with van der Waals surface area (Å²) in [5.41, 5.74) is 1.81. The van der Waals surface area contributed by atoms with Crippen molar-refractivity contribution < 1.29 is 23.8 Å². The maximum absolute atomic E-state index is 13.9. The first-order valence-corrected chi connectivity index (χ1v) is 14.5. The summed E-state index contributed by atoms with van der Waals surface area (Å²) in [4.78, 5) is 15.0. The summed E-state index contributed by atoms with van der Waals surface area (Å²) in [6.07, 6.45) is 6.39. The first kappa shape index (κ1) is 28.7. The van der Waals surface area contributed by atoms with Gasteiger partial charge in [0.25, 0.3) is 0 Å². The van der Waals surface area contributed by atoms with Crippen LogP contribution in [0.25, 0.3) is 0 Å². The molecule has 2 heterocycles. The van der Waals surface area contributed by atoms with Crippen LogP contribution in [0.4, 0.5) is 4.39 Å². The van der Waals surface area contributed by atoms with Crippen molar-refractivity contribution in [3.63, 3.8) is 0 Å². The van der Waals surface area contributed by atoms with Crippen molar-refractivity contribution in [2.24, 2.45) is 11.8 Å². The van der Waals surface area contributed by atoms with E-state index in [1.54, 1.807) is 0 Å². The Bertz CT molecular complexity index is 965. The lowest BCUT2D eigenvalue weighted by Gasteiger charge is -2.27. The van der Waals surface area contributed by atoms with Gasteiger partial charge in [-0.1, -0.05) is 61.7 Å². The Morgan fingerprint density at radius 3 is 2.63 bits per heavy atom. The molecular weight excluding hydrogens is 481 g/mol. The molecule has 0 aliphatic carbocycles. The molecule has 4 rings (SSSR count). The summed E-state index contributed by atoms with van der Waals surface area (Å²) in [7, 11) is 0. The van der Waals surface area contributed by atoms with Crippen molar-refractivity contribution in [1.82, 2.24) is 4.90 Å². The SMILES string of the molecule is O=C(CCCCCC1CCOCC1)C[C@H](CN1CC[C@@H](F)C1)C(O)c1cccc(OCc2ccccc2)c1. The fourth-order valence-corrected chi connectivity index (χ4v) is 5.72. The number of benzene rings is 2. The van der Waals surface area contributed by atoms with Gasteiger partial charge in [0.1, 0.15) is 24.3 Å². The zero-order valence-electron chi connectivity index (χ0n) is 22.6. The van der Waals surface area contributed by atoms with E-state index in [1.165, 1.54) is 6.42 Å². The van der Waals surface area contributed by atoms with Gasteiger partial charge in [-0.15, -0.1) is 0 Å². The van der Waals surface area contributed by atoms with Crippen molar-refractivity contribution in [2.45, 2.75) is 76.7 Å². The number of aliphatic hydroxyl groups excluding tert-OH is 1. The normalized spacial score (nSPS) is 20.3. The Kier molecular flexibility index (Phi) is 11.6. The molecule has 2 fully saturated rings. The van der Waals surface area contributed by atoms with Gasteiger partial charge in [0.05, 0.1) is 6.10 Å². The summed E-state index contributed by atoms with van der Waals surface area (Å²) in [5.74, 6) is 1.36. The Hall–Kier alpha value is -2.28. The van der Waals surface area contributed by atoms with Gasteiger partial charge >= 0.3 is 0 Å². The fraction of sp³-hybridized carbons (Fsp3) is 0.594. The highest BCUT2D eigenvalue weighted by Crippen LogP contribution is 2.31. The largest absolute Gasteiger partial charge is 0.489 e. The third-order valence-corrected chi connectivity index (χ3v) is 8.00. The van der Waals surface area contributed by atoms with Crippen LogP contribution < -0.4 is 4.74 Å². The molecule has 3 atom stereocenters. The quantitative estimate of drug-likeness (QED) is 0.277. The van der Waals surface area contributed by atoms with Crippen molar-refractivity contribution in [3.05, 3.63) is 65.7 Å². The number of carbonyl (C=O) groups is 1. The highest BCUT2D eigenvalue weighted by atomic mass is 19.1. The van der Waals surface area contributed by atoms with E-state index in [0.717, 1.165) is 62.4 Å². The van der Waals surface area contributed by atoms with E-state index < -0.39 is 12.3 Å². The number of likely N-dealkylation sites (tertiary alicyclic amines) is 1. The van der Waals surface area contributed by atoms with E-state index in [1.807, 2.05) is 54.6 Å². The van der Waals surface area contributed by atoms with Crippen LogP contribution in [0.2, 0.25) is 0 Å². The molecule has 2 aromatic carbocycles. The van der Waals surface area contributed by atoms with Gasteiger partial charge in [0, 0.05) is 51.6 Å². The number of aliphatic hydroxyl groups is 1. The van der Waals surface area contributed by atoms with Gasteiger partial charge in [-0.2, -0.15) is 0 Å². The van der Waals surface area contributed by atoms with E-state index >= 15 is 0 Å². The molecule has 0 aromatic heterocycles. The highest BCUT2D eigenvalue weighted by Gasteiger charge is 2.30. The minimum Gasteiger partial charge on any atom is -0.489 e. The minimum atomic E-state index is -0.825. The monoisotopic (exact) mass is 525 g/mol. The number of nitrogens with zero attached hydrogens (tertiary/aromatic N) is 1. The lowest BCUT2D eigenvalue weighted by molar-refractivity contribution is -0.121. The molecule has 6 heteroatoms. The predicted octanol–water partition coefficient (Wildman–Crippen LogP) is 6.30. The lowest BCUT2D eigenvalue weighted by atomic mass is 9.89. The number of ether oxygens (including phenoxy) is 2. The van der Waals surface area contributed by atoms with Gasteiger partial charge < -0.3 is 14.6 Å². The fourth-order valence-electron chi connectivity index (χ4n) is 5.72. The van der Waals surface area contributed by atoms with Crippen LogP contribution in [0.5, 0.6) is 5.75 Å². The number of carbonyl (C=O) groups excluding carboxylic acids is 1. The average Bonchev–Trinajstić information content (AvgIpc) is 3.36. The summed E-state index contributed by atoms with van der Waals surface area (Å²) in [6, 6.07) is 17.5. The number of Topliss-reactive ketones (excluding diaryl/α,β-unsaturated/α-hetero) is 1. The second-order valence-electron chi connectivity index (χ2n) is 11.1. The van der Waals surface area contributed by atoms with Gasteiger partial charge in [-0.05, 0) is 54.9 Å². The maximum Gasteiger partial charge on any atom is 0.133 e. The summed E-state index contributed by atoms with van der Waals surface area (Å²) < 4.78 is 25.3. The Balaban J connectivity index is 1.30. The molecule has 1 unspecified atom stereocenters. The number of hydrogen-bond acceptors (Lipinski definition) is 5. The van der Waals surface area contributed by atoms with E-state index in [4.69, 9.17) is 9.47 Å². The smallest absolute Gasteiger partial charge is 0.133 e. The Labute approximate surface area is 227 Å². The molecule has 2 aliphatic rings. The first-order valence-electron chi connectivity index (χ1n) is 14.5. The zero-order chi connectivity index (χ0) is 26.6. The summed E-state index contributed by atoms with van der Waals surface area (Å²) in [6.45, 7) is 3.79. The second kappa shape index (κ2) is 15.3. The van der Waals surface area contributed by atoms with Crippen LogP contribution in [0, 0.1) is 11.8 Å². The number of rotatable bonds is 15. The van der Waals surface area contributed by atoms with Crippen molar-refractivity contribution >= 4 is 5.78 Å². The number of hydrogen-bond donors (Lipinski definition) is 1. The maximum atomic E-state index is 13.9. The average molecular weight is 526 g/mol. The van der Waals surface area contributed by atoms with Gasteiger partial charge in [-0.25, -0.2) is 4.39 Å². The first-order chi connectivity index (χ1) is 18.6. The van der Waals surface area contributed by atoms with Crippen molar-refractivity contribution in [3.8, 4) is 5.75 Å². The Morgan fingerprint density at radius 2 is 1.87 bits per heavy atom. The third-order valence-electron chi connectivity index (χ3n) is 8.00. The number of alkyl halides is 1. The molecule has 0 radical (unpaired) electrons. The van der Waals surface area contributed by atoms with Crippen molar-refractivity contribution in [2.75, 3.05) is 32.8 Å². The van der Waals surface area contributed by atoms with E-state index in [0.29, 0.717) is 51.3 Å². The van der Waals surface area contributed by atoms with E-state index in [2.05, 4.69) is 4.90 Å². The molecule has 2 saturated heterocycles. The lowest BCUT2D eigenvalue weighted by Crippen LogP contribution is -2.32. The number of halogens is 1. The predicted molar refractivity (Wildman–Crippen MR) is 148 cm³/mol. The Morgan fingerprint density at radius 1 is 1.05 bits per heavy atom. The van der Waals surface area contributed by atoms with Gasteiger partial charge in [0.15, 0.2) is 0 Å². The second-order valence-corrected chi connectivity index (χ2v) is 11.1. The molecule has 5 nitrogen and oxygen atoms in total. The van der Waals surface area contributed by atoms with Crippen LogP contribution in [0.15, 0.2) is 54.6 Å². The molecule has 208 valence electrons. The molecule has 38 heavy (non-hydrogen) atoms. The number of ketones is 1. The minimum absolute atomic E-state index is 0.188. The molecule has 0 saturated carbocycles. The number of unbranched alkanes of at least 4 members (excludes halogenated alkanes) is 2. The molecule has 1 N–H and O–H groups in total. The molecule has 0 spiro atoms. The van der Waals surface area contributed by atoms with Crippen LogP contribution in [0.1, 0.15) is 75.0 Å². The highest BCUT2D eigenvalue weighted by molar-refractivity contribution is 5.78. The standard InChI is InChI=1S/C32H44FNO4/c33-29-14-17-34(23-29)22-28(20-30(35)12-6-2-3-8-25-15-18-37-19-16-25)32(36)27-11-7-13-31(21-27)38-24-26-9-4-1-5-10-26/h1,4-5,7,9-11,13,21,25,28-29,32,36H,2-3,6,8,12,14-20,22-24H2/t28-,29-,32?/m1/s1. The summed E-state index contributed by atoms with van der Waals surface area (Å²) in [5, 5.41) is 11.4. The molecule has 0 amide bonds. The third kappa shape index (κ3) is 9.48. The van der Waals surface area contributed by atoms with Gasteiger partial charge in [-0.3, -0.25) is 9.69 Å². The van der Waals surface area contributed by atoms with Crippen LogP contribution >= 0.6 is 0 Å². The van der Waals surface area contributed by atoms with Crippen molar-refractivity contribution in [1.29, 1.82) is 0 Å². The zero-order valence-corrected chi connectivity index (χ0v) is 22.6. The molecule has 2 aliphatic heterocycles. The van der Waals surface area contributed by atoms with Crippen LogP contribution in [0.3, 0.4) is 0 Å². The van der Waals surface area contributed by atoms with Gasteiger partial charge in [0.2, 0.25) is 0 Å². The molecular formula is C32H44FNO4. The summed E-state index contributed by atoms with van der Waals surface area (Å²) >= 11 is 0. The van der Waals surface area contributed by atoms with Crippen LogP contribution in [-0.2, 0) is 16.1 Å². The topological polar surface area (TPSA) is 59.0 Å².